The Balaban J connectivity index is 0. The van der Waals surface area contributed by atoms with Gasteiger partial charge >= 0.3 is 0 Å². The minimum Gasteiger partial charge on any atom is -0.396 e. The van der Waals surface area contributed by atoms with E-state index in [1.165, 1.54) is 5.56 Å². The maximum atomic E-state index is 8.51. The second kappa shape index (κ2) is 10.7. The molecule has 1 aromatic heterocycles. The van der Waals surface area contributed by atoms with Crippen LogP contribution in [0.4, 0.5) is 0 Å². The molecule has 0 atom stereocenters. The molecule has 1 heterocycles. The number of halogens is 2. The lowest BCUT2D eigenvalue weighted by Crippen LogP contribution is -2.15. The van der Waals surface area contributed by atoms with E-state index in [1.54, 1.807) is 12.4 Å². The summed E-state index contributed by atoms with van der Waals surface area (Å²) in [6.45, 7) is 1.96. The standard InChI is InChI=1S/C9H14N2O.2ClH/c12-7-1-4-11-8-9-2-5-10-6-3-9;;/h2-3,5-6,11-12H,1,4,7-8H2;2*1H. The summed E-state index contributed by atoms with van der Waals surface area (Å²) in [5.41, 5.74) is 1.22. The largest absolute Gasteiger partial charge is 0.396 e. The molecule has 2 N–H and O–H groups in total. The van der Waals surface area contributed by atoms with Crippen molar-refractivity contribution in [3.63, 3.8) is 0 Å². The van der Waals surface area contributed by atoms with Gasteiger partial charge in [-0.2, -0.15) is 0 Å². The van der Waals surface area contributed by atoms with Gasteiger partial charge in [0.15, 0.2) is 0 Å². The molecule has 14 heavy (non-hydrogen) atoms. The third-order valence-corrected chi connectivity index (χ3v) is 1.59. The van der Waals surface area contributed by atoms with Crippen molar-refractivity contribution in [1.82, 2.24) is 10.3 Å². The summed E-state index contributed by atoms with van der Waals surface area (Å²) in [7, 11) is 0. The number of aliphatic hydroxyl groups is 1. The van der Waals surface area contributed by atoms with Gasteiger partial charge in [0.25, 0.3) is 0 Å². The molecule has 1 aromatic rings. The number of aliphatic hydroxyl groups excluding tert-OH is 1. The van der Waals surface area contributed by atoms with Crippen LogP contribution in [0.5, 0.6) is 0 Å². The van der Waals surface area contributed by atoms with Gasteiger partial charge in [0.05, 0.1) is 0 Å². The Morgan fingerprint density at radius 1 is 1.21 bits per heavy atom. The molecular formula is C9H16Cl2N2O. The number of pyridine rings is 1. The maximum Gasteiger partial charge on any atom is 0.0443 e. The van der Waals surface area contributed by atoms with Crippen molar-refractivity contribution in [2.24, 2.45) is 0 Å². The number of hydrogen-bond acceptors (Lipinski definition) is 3. The molecule has 0 fully saturated rings. The van der Waals surface area contributed by atoms with Crippen LogP contribution in [0.2, 0.25) is 0 Å². The van der Waals surface area contributed by atoms with E-state index in [2.05, 4.69) is 10.3 Å². The fourth-order valence-electron chi connectivity index (χ4n) is 0.937. The number of hydrogen-bond donors (Lipinski definition) is 2. The van der Waals surface area contributed by atoms with E-state index in [1.807, 2.05) is 12.1 Å². The van der Waals surface area contributed by atoms with E-state index >= 15 is 0 Å². The van der Waals surface area contributed by atoms with E-state index < -0.39 is 0 Å². The van der Waals surface area contributed by atoms with Crippen molar-refractivity contribution in [3.05, 3.63) is 30.1 Å². The number of rotatable bonds is 5. The summed E-state index contributed by atoms with van der Waals surface area (Å²) < 4.78 is 0. The zero-order valence-electron chi connectivity index (χ0n) is 7.85. The van der Waals surface area contributed by atoms with Gasteiger partial charge in [-0.1, -0.05) is 0 Å². The summed E-state index contributed by atoms with van der Waals surface area (Å²) in [5, 5.41) is 11.7. The second-order valence-electron chi connectivity index (χ2n) is 2.61. The number of nitrogens with one attached hydrogen (secondary N) is 1. The van der Waals surface area contributed by atoms with Crippen molar-refractivity contribution < 1.29 is 5.11 Å². The maximum absolute atomic E-state index is 8.51. The lowest BCUT2D eigenvalue weighted by molar-refractivity contribution is 0.286. The number of aromatic nitrogens is 1. The smallest absolute Gasteiger partial charge is 0.0443 e. The van der Waals surface area contributed by atoms with Gasteiger partial charge in [-0.25, -0.2) is 0 Å². The molecule has 0 saturated carbocycles. The van der Waals surface area contributed by atoms with Crippen LogP contribution >= 0.6 is 24.8 Å². The molecule has 0 amide bonds. The van der Waals surface area contributed by atoms with Crippen LogP contribution in [-0.2, 0) is 6.54 Å². The summed E-state index contributed by atoms with van der Waals surface area (Å²) in [4.78, 5) is 3.92. The van der Waals surface area contributed by atoms with Gasteiger partial charge in [-0.15, -0.1) is 24.8 Å². The molecule has 1 rings (SSSR count). The quantitative estimate of drug-likeness (QED) is 0.763. The molecule has 0 aliphatic heterocycles. The molecule has 3 nitrogen and oxygen atoms in total. The van der Waals surface area contributed by atoms with Crippen LogP contribution in [0.25, 0.3) is 0 Å². The van der Waals surface area contributed by atoms with E-state index in [-0.39, 0.29) is 31.4 Å². The molecule has 0 spiro atoms. The van der Waals surface area contributed by atoms with Gasteiger partial charge in [-0.05, 0) is 30.7 Å². The summed E-state index contributed by atoms with van der Waals surface area (Å²) in [5.74, 6) is 0. The third-order valence-electron chi connectivity index (χ3n) is 1.59. The minimum atomic E-state index is 0. The Bertz CT molecular complexity index is 209. The van der Waals surface area contributed by atoms with Gasteiger partial charge in [-0.3, -0.25) is 4.98 Å². The Kier molecular flexibility index (Phi) is 12.3. The highest BCUT2D eigenvalue weighted by molar-refractivity contribution is 5.85. The topological polar surface area (TPSA) is 45.1 Å². The Morgan fingerprint density at radius 3 is 2.43 bits per heavy atom. The van der Waals surface area contributed by atoms with Crippen molar-refractivity contribution in [2.45, 2.75) is 13.0 Å². The molecule has 5 heteroatoms. The van der Waals surface area contributed by atoms with Crippen LogP contribution in [0, 0.1) is 0 Å². The zero-order valence-corrected chi connectivity index (χ0v) is 9.48. The third kappa shape index (κ3) is 7.09. The van der Waals surface area contributed by atoms with E-state index in [9.17, 15) is 0 Å². The van der Waals surface area contributed by atoms with Crippen LogP contribution in [0.3, 0.4) is 0 Å². The van der Waals surface area contributed by atoms with E-state index in [4.69, 9.17) is 5.11 Å². The first-order valence-corrected chi connectivity index (χ1v) is 4.14. The average molecular weight is 239 g/mol. The molecule has 0 radical (unpaired) electrons. The van der Waals surface area contributed by atoms with Crippen LogP contribution in [0.1, 0.15) is 12.0 Å². The van der Waals surface area contributed by atoms with Crippen molar-refractivity contribution in [2.75, 3.05) is 13.2 Å². The minimum absolute atomic E-state index is 0. The fraction of sp³-hybridized carbons (Fsp3) is 0.444. The highest BCUT2D eigenvalue weighted by Gasteiger charge is 1.89. The van der Waals surface area contributed by atoms with Crippen molar-refractivity contribution in [1.29, 1.82) is 0 Å². The van der Waals surface area contributed by atoms with Gasteiger partial charge < -0.3 is 10.4 Å². The van der Waals surface area contributed by atoms with Crippen molar-refractivity contribution >= 4 is 24.8 Å². The average Bonchev–Trinajstić information content (AvgIpc) is 2.14. The fourth-order valence-corrected chi connectivity index (χ4v) is 0.937. The first-order valence-electron chi connectivity index (χ1n) is 4.14. The van der Waals surface area contributed by atoms with Gasteiger partial charge in [0, 0.05) is 25.5 Å². The predicted molar refractivity (Wildman–Crippen MR) is 62.1 cm³/mol. The highest BCUT2D eigenvalue weighted by atomic mass is 35.5. The van der Waals surface area contributed by atoms with Gasteiger partial charge in [0.2, 0.25) is 0 Å². The molecule has 0 unspecified atom stereocenters. The second-order valence-corrected chi connectivity index (χ2v) is 2.61. The molecule has 0 aliphatic carbocycles. The number of nitrogens with zero attached hydrogens (tertiary/aromatic N) is 1. The highest BCUT2D eigenvalue weighted by Crippen LogP contribution is 1.94. The summed E-state index contributed by atoms with van der Waals surface area (Å²) in [6.07, 6.45) is 4.37. The normalized spacial score (nSPS) is 8.64. The van der Waals surface area contributed by atoms with Crippen LogP contribution in [-0.4, -0.2) is 23.2 Å². The van der Waals surface area contributed by atoms with E-state index in [0.29, 0.717) is 0 Å². The molecule has 82 valence electrons. The Hall–Kier alpha value is -0.350. The molecule has 0 saturated heterocycles. The predicted octanol–water partition coefficient (Wildman–Crippen LogP) is 1.40. The van der Waals surface area contributed by atoms with Crippen LogP contribution in [0.15, 0.2) is 24.5 Å². The summed E-state index contributed by atoms with van der Waals surface area (Å²) in [6, 6.07) is 3.96. The molecular weight excluding hydrogens is 223 g/mol. The first-order chi connectivity index (χ1) is 5.93. The van der Waals surface area contributed by atoms with Crippen molar-refractivity contribution in [3.8, 4) is 0 Å². The Labute approximate surface area is 96.8 Å². The molecule has 0 bridgehead atoms. The lowest BCUT2D eigenvalue weighted by Gasteiger charge is -2.02. The lowest BCUT2D eigenvalue weighted by atomic mass is 10.3. The SMILES string of the molecule is Cl.Cl.OCCCNCc1ccncc1. The monoisotopic (exact) mass is 238 g/mol. The Morgan fingerprint density at radius 2 is 1.86 bits per heavy atom. The zero-order chi connectivity index (χ0) is 8.65. The molecule has 0 aliphatic rings. The first kappa shape index (κ1) is 16.1. The summed E-state index contributed by atoms with van der Waals surface area (Å²) >= 11 is 0. The van der Waals surface area contributed by atoms with Crippen LogP contribution < -0.4 is 5.32 Å². The molecule has 0 aromatic carbocycles. The van der Waals surface area contributed by atoms with E-state index in [0.717, 1.165) is 19.5 Å². The van der Waals surface area contributed by atoms with Gasteiger partial charge in [0.1, 0.15) is 0 Å².